The molecule has 0 aliphatic rings. The number of hydrogen-bond acceptors (Lipinski definition) is 5. The molecule has 1 N–H and O–H groups in total. The number of methoxy groups -OCH3 is 3. The molecule has 144 valence electrons. The van der Waals surface area contributed by atoms with Crippen LogP contribution in [0, 0.1) is 0 Å². The summed E-state index contributed by atoms with van der Waals surface area (Å²) in [6, 6.07) is 11.6. The normalized spacial score (nSPS) is 12.5. The van der Waals surface area contributed by atoms with E-state index in [2.05, 4.69) is 20.5 Å². The molecule has 1 heterocycles. The summed E-state index contributed by atoms with van der Waals surface area (Å²) in [6.45, 7) is 1.22. The summed E-state index contributed by atoms with van der Waals surface area (Å²) in [5.41, 5.74) is 3.54. The molecule has 3 rings (SSSR count). The number of aliphatic hydroxyl groups is 1. The third-order valence-electron chi connectivity index (χ3n) is 4.48. The minimum atomic E-state index is -0.963. The highest BCUT2D eigenvalue weighted by atomic mass is 79.9. The highest BCUT2D eigenvalue weighted by Crippen LogP contribution is 2.28. The zero-order valence-electron chi connectivity index (χ0n) is 15.6. The predicted octanol–water partition coefficient (Wildman–Crippen LogP) is 3.68. The van der Waals surface area contributed by atoms with E-state index in [-0.39, 0.29) is 0 Å². The number of hydrogen-bond donors (Lipinski definition) is 1. The first-order chi connectivity index (χ1) is 13.1. The number of benzene rings is 2. The van der Waals surface area contributed by atoms with Gasteiger partial charge in [0, 0.05) is 42.8 Å². The number of aromatic nitrogens is 2. The van der Waals surface area contributed by atoms with Crippen molar-refractivity contribution >= 4 is 27.0 Å². The lowest BCUT2D eigenvalue weighted by molar-refractivity contribution is -0.0768. The Kier molecular flexibility index (Phi) is 6.49. The van der Waals surface area contributed by atoms with Gasteiger partial charge in [-0.3, -0.25) is 0 Å². The van der Waals surface area contributed by atoms with E-state index >= 15 is 0 Å². The third kappa shape index (κ3) is 4.32. The van der Waals surface area contributed by atoms with Crippen LogP contribution in [-0.2, 0) is 22.4 Å². The highest BCUT2D eigenvalue weighted by Gasteiger charge is 2.16. The average molecular weight is 435 g/mol. The second kappa shape index (κ2) is 8.84. The van der Waals surface area contributed by atoms with Crippen LogP contribution >= 0.6 is 15.9 Å². The quantitative estimate of drug-likeness (QED) is 0.547. The molecule has 6 nitrogen and oxygen atoms in total. The van der Waals surface area contributed by atoms with Crippen LogP contribution in [0.15, 0.2) is 40.9 Å². The summed E-state index contributed by atoms with van der Waals surface area (Å²) in [4.78, 5) is 4.80. The fourth-order valence-corrected chi connectivity index (χ4v) is 3.42. The SMILES string of the molecule is COCCn1c(Cc2ccc(Br)cc2OC)nc2ccc(C(O)OC)cc21. The number of aliphatic hydroxyl groups excluding tert-OH is 1. The van der Waals surface area contributed by atoms with E-state index in [0.29, 0.717) is 25.1 Å². The maximum Gasteiger partial charge on any atom is 0.180 e. The molecule has 27 heavy (non-hydrogen) atoms. The Hall–Kier alpha value is -1.93. The zero-order chi connectivity index (χ0) is 19.4. The molecule has 0 bridgehead atoms. The van der Waals surface area contributed by atoms with E-state index < -0.39 is 6.29 Å². The average Bonchev–Trinajstić information content (AvgIpc) is 3.03. The third-order valence-corrected chi connectivity index (χ3v) is 4.97. The number of ether oxygens (including phenoxy) is 3. The number of rotatable bonds is 8. The molecule has 0 spiro atoms. The molecule has 1 atom stereocenters. The molecule has 0 fully saturated rings. The first-order valence-corrected chi connectivity index (χ1v) is 9.38. The van der Waals surface area contributed by atoms with Crippen LogP contribution in [0.3, 0.4) is 0 Å². The lowest BCUT2D eigenvalue weighted by Gasteiger charge is -2.12. The summed E-state index contributed by atoms with van der Waals surface area (Å²) < 4.78 is 18.9. The molecule has 1 unspecified atom stereocenters. The predicted molar refractivity (Wildman–Crippen MR) is 107 cm³/mol. The fourth-order valence-electron chi connectivity index (χ4n) is 3.08. The molecule has 0 aliphatic heterocycles. The zero-order valence-corrected chi connectivity index (χ0v) is 17.2. The molecule has 1 aromatic heterocycles. The van der Waals surface area contributed by atoms with Crippen molar-refractivity contribution in [3.63, 3.8) is 0 Å². The summed E-state index contributed by atoms with van der Waals surface area (Å²) in [5, 5.41) is 9.99. The summed E-state index contributed by atoms with van der Waals surface area (Å²) in [6.07, 6.45) is -0.341. The van der Waals surface area contributed by atoms with E-state index in [4.69, 9.17) is 19.2 Å². The van der Waals surface area contributed by atoms with Crippen LogP contribution in [0.4, 0.5) is 0 Å². The highest BCUT2D eigenvalue weighted by molar-refractivity contribution is 9.10. The summed E-state index contributed by atoms with van der Waals surface area (Å²) >= 11 is 3.47. The van der Waals surface area contributed by atoms with Crippen molar-refractivity contribution in [2.45, 2.75) is 19.3 Å². The second-order valence-electron chi connectivity index (χ2n) is 6.14. The maximum absolute atomic E-state index is 9.99. The van der Waals surface area contributed by atoms with Crippen molar-refractivity contribution < 1.29 is 19.3 Å². The number of halogens is 1. The van der Waals surface area contributed by atoms with E-state index in [0.717, 1.165) is 32.6 Å². The van der Waals surface area contributed by atoms with Gasteiger partial charge in [-0.25, -0.2) is 4.98 Å². The largest absolute Gasteiger partial charge is 0.496 e. The van der Waals surface area contributed by atoms with Crippen molar-refractivity contribution in [3.8, 4) is 5.75 Å². The van der Waals surface area contributed by atoms with Crippen LogP contribution in [0.25, 0.3) is 11.0 Å². The Bertz CT molecular complexity index is 926. The Morgan fingerprint density at radius 3 is 2.67 bits per heavy atom. The first kappa shape index (κ1) is 19.8. The maximum atomic E-state index is 9.99. The second-order valence-corrected chi connectivity index (χ2v) is 7.06. The Labute approximate surface area is 166 Å². The van der Waals surface area contributed by atoms with Crippen LogP contribution in [-0.4, -0.2) is 42.6 Å². The van der Waals surface area contributed by atoms with Crippen LogP contribution in [0.1, 0.15) is 23.2 Å². The molecule has 0 amide bonds. The monoisotopic (exact) mass is 434 g/mol. The van der Waals surface area contributed by atoms with E-state index in [9.17, 15) is 5.11 Å². The minimum Gasteiger partial charge on any atom is -0.496 e. The topological polar surface area (TPSA) is 65.7 Å². The Morgan fingerprint density at radius 2 is 1.96 bits per heavy atom. The number of fused-ring (bicyclic) bond motifs is 1. The summed E-state index contributed by atoms with van der Waals surface area (Å²) in [5.74, 6) is 1.72. The van der Waals surface area contributed by atoms with Gasteiger partial charge in [-0.1, -0.05) is 28.1 Å². The van der Waals surface area contributed by atoms with Crippen molar-refractivity contribution in [1.82, 2.24) is 9.55 Å². The van der Waals surface area contributed by atoms with Crippen LogP contribution < -0.4 is 4.74 Å². The van der Waals surface area contributed by atoms with E-state index in [1.54, 1.807) is 14.2 Å². The van der Waals surface area contributed by atoms with Gasteiger partial charge < -0.3 is 23.9 Å². The molecule has 0 saturated heterocycles. The van der Waals surface area contributed by atoms with Gasteiger partial charge in [-0.2, -0.15) is 0 Å². The van der Waals surface area contributed by atoms with Gasteiger partial charge in [0.15, 0.2) is 6.29 Å². The van der Waals surface area contributed by atoms with Crippen molar-refractivity contribution in [1.29, 1.82) is 0 Å². The van der Waals surface area contributed by atoms with Crippen LogP contribution in [0.2, 0.25) is 0 Å². The van der Waals surface area contributed by atoms with Crippen molar-refractivity contribution in [2.24, 2.45) is 0 Å². The number of imidazole rings is 1. The van der Waals surface area contributed by atoms with E-state index in [1.807, 2.05) is 36.4 Å². The van der Waals surface area contributed by atoms with Gasteiger partial charge in [-0.15, -0.1) is 0 Å². The standard InChI is InChI=1S/C20H23BrN2O4/c1-25-9-8-23-17-10-14(20(24)27-3)5-7-16(17)22-19(23)11-13-4-6-15(21)12-18(13)26-2/h4-7,10,12,20,24H,8-9,11H2,1-3H3. The smallest absolute Gasteiger partial charge is 0.180 e. The molecule has 7 heteroatoms. The Morgan fingerprint density at radius 1 is 1.15 bits per heavy atom. The summed E-state index contributed by atoms with van der Waals surface area (Å²) in [7, 11) is 4.82. The van der Waals surface area contributed by atoms with E-state index in [1.165, 1.54) is 7.11 Å². The molecule has 2 aromatic carbocycles. The van der Waals surface area contributed by atoms with Crippen molar-refractivity contribution in [3.05, 3.63) is 57.8 Å². The van der Waals surface area contributed by atoms with Gasteiger partial charge in [0.05, 0.1) is 24.8 Å². The van der Waals surface area contributed by atoms with Crippen LogP contribution in [0.5, 0.6) is 5.75 Å². The van der Waals surface area contributed by atoms with Gasteiger partial charge in [0.2, 0.25) is 0 Å². The van der Waals surface area contributed by atoms with Gasteiger partial charge in [0.25, 0.3) is 0 Å². The van der Waals surface area contributed by atoms with Gasteiger partial charge in [-0.05, 0) is 24.3 Å². The molecular weight excluding hydrogens is 412 g/mol. The number of nitrogens with zero attached hydrogens (tertiary/aromatic N) is 2. The first-order valence-electron chi connectivity index (χ1n) is 8.58. The molecule has 3 aromatic rings. The fraction of sp³-hybridized carbons (Fsp3) is 0.350. The molecule has 0 aliphatic carbocycles. The molecule has 0 saturated carbocycles. The molecule has 0 radical (unpaired) electrons. The minimum absolute atomic E-state index is 0.562. The molecular formula is C20H23BrN2O4. The van der Waals surface area contributed by atoms with Gasteiger partial charge in [0.1, 0.15) is 11.6 Å². The lowest BCUT2D eigenvalue weighted by atomic mass is 10.1. The lowest BCUT2D eigenvalue weighted by Crippen LogP contribution is -2.09. The van der Waals surface area contributed by atoms with Crippen molar-refractivity contribution in [2.75, 3.05) is 27.9 Å². The Balaban J connectivity index is 2.06. The van der Waals surface area contributed by atoms with Gasteiger partial charge >= 0.3 is 0 Å².